The molecule has 0 spiro atoms. The van der Waals surface area contributed by atoms with Gasteiger partial charge < -0.3 is 10.1 Å². The fourth-order valence-corrected chi connectivity index (χ4v) is 2.97. The summed E-state index contributed by atoms with van der Waals surface area (Å²) in [6.45, 7) is 0.795. The number of benzene rings is 2. The minimum atomic E-state index is 0.197. The van der Waals surface area contributed by atoms with Crippen LogP contribution >= 0.6 is 31.9 Å². The molecular formula is C15H13Br2NO. The summed E-state index contributed by atoms with van der Waals surface area (Å²) in [6.07, 6.45) is 1.16. The van der Waals surface area contributed by atoms with Gasteiger partial charge in [-0.3, -0.25) is 0 Å². The zero-order valence-corrected chi connectivity index (χ0v) is 13.4. The topological polar surface area (TPSA) is 21.3 Å². The van der Waals surface area contributed by atoms with Gasteiger partial charge in [-0.15, -0.1) is 0 Å². The maximum absolute atomic E-state index is 5.91. The number of hydrogen-bond acceptors (Lipinski definition) is 2. The van der Waals surface area contributed by atoms with Gasteiger partial charge in [0.15, 0.2) is 0 Å². The highest BCUT2D eigenvalue weighted by molar-refractivity contribution is 9.11. The van der Waals surface area contributed by atoms with Gasteiger partial charge in [0.25, 0.3) is 0 Å². The summed E-state index contributed by atoms with van der Waals surface area (Å²) in [5.74, 6) is 1.02. The van der Waals surface area contributed by atoms with Crippen LogP contribution in [-0.4, -0.2) is 12.6 Å². The number of para-hydroxylation sites is 1. The van der Waals surface area contributed by atoms with Crippen LogP contribution in [0.25, 0.3) is 0 Å². The van der Waals surface area contributed by atoms with Crippen molar-refractivity contribution in [2.45, 2.75) is 12.5 Å². The average molecular weight is 383 g/mol. The van der Waals surface area contributed by atoms with Crippen molar-refractivity contribution in [3.8, 4) is 5.75 Å². The van der Waals surface area contributed by atoms with E-state index in [4.69, 9.17) is 4.74 Å². The molecule has 0 bridgehead atoms. The fourth-order valence-electron chi connectivity index (χ4n) is 2.22. The van der Waals surface area contributed by atoms with E-state index in [1.54, 1.807) is 0 Å². The molecule has 0 aromatic heterocycles. The van der Waals surface area contributed by atoms with Gasteiger partial charge >= 0.3 is 0 Å². The molecule has 1 N–H and O–H groups in total. The molecule has 1 heterocycles. The molecule has 2 aromatic rings. The number of nitrogens with one attached hydrogen (secondary N) is 1. The Morgan fingerprint density at radius 1 is 1.16 bits per heavy atom. The van der Waals surface area contributed by atoms with Gasteiger partial charge in [0, 0.05) is 21.1 Å². The van der Waals surface area contributed by atoms with Crippen LogP contribution in [0.3, 0.4) is 0 Å². The molecule has 2 aromatic carbocycles. The van der Waals surface area contributed by atoms with E-state index in [0.29, 0.717) is 0 Å². The van der Waals surface area contributed by atoms with Gasteiger partial charge in [0.1, 0.15) is 11.9 Å². The smallest absolute Gasteiger partial charge is 0.123 e. The van der Waals surface area contributed by atoms with Crippen LogP contribution in [0, 0.1) is 0 Å². The Labute approximate surface area is 129 Å². The van der Waals surface area contributed by atoms with Crippen molar-refractivity contribution in [3.05, 3.63) is 57.0 Å². The number of rotatable bonds is 3. The van der Waals surface area contributed by atoms with E-state index in [-0.39, 0.29) is 6.10 Å². The van der Waals surface area contributed by atoms with Gasteiger partial charge in [-0.2, -0.15) is 0 Å². The first-order valence-corrected chi connectivity index (χ1v) is 7.74. The monoisotopic (exact) mass is 381 g/mol. The van der Waals surface area contributed by atoms with E-state index < -0.39 is 0 Å². The molecule has 3 rings (SSSR count). The Bertz CT molecular complexity index is 575. The van der Waals surface area contributed by atoms with E-state index in [9.17, 15) is 0 Å². The summed E-state index contributed by atoms with van der Waals surface area (Å²) < 4.78 is 8.03. The minimum Gasteiger partial charge on any atom is -0.488 e. The van der Waals surface area contributed by atoms with Crippen molar-refractivity contribution in [1.29, 1.82) is 0 Å². The minimum absolute atomic E-state index is 0.197. The molecule has 98 valence electrons. The Kier molecular flexibility index (Phi) is 3.80. The SMILES string of the molecule is Brc1ccc(Br)c(NCC2Cc3ccccc3O2)c1. The molecule has 0 fully saturated rings. The lowest BCUT2D eigenvalue weighted by molar-refractivity contribution is 0.246. The largest absolute Gasteiger partial charge is 0.488 e. The van der Waals surface area contributed by atoms with Crippen molar-refractivity contribution in [2.24, 2.45) is 0 Å². The quantitative estimate of drug-likeness (QED) is 0.835. The summed E-state index contributed by atoms with van der Waals surface area (Å²) >= 11 is 7.03. The Hall–Kier alpha value is -1.00. The molecule has 1 unspecified atom stereocenters. The zero-order valence-electron chi connectivity index (χ0n) is 10.2. The van der Waals surface area contributed by atoms with Crippen molar-refractivity contribution < 1.29 is 4.74 Å². The van der Waals surface area contributed by atoms with Gasteiger partial charge in [-0.1, -0.05) is 34.1 Å². The van der Waals surface area contributed by atoms with E-state index in [1.807, 2.05) is 24.3 Å². The maximum atomic E-state index is 5.91. The third-order valence-corrected chi connectivity index (χ3v) is 4.35. The standard InChI is InChI=1S/C15H13Br2NO/c16-11-5-6-13(17)14(8-11)18-9-12-7-10-3-1-2-4-15(10)19-12/h1-6,8,12,18H,7,9H2. The molecule has 1 aliphatic heterocycles. The maximum Gasteiger partial charge on any atom is 0.123 e. The number of fused-ring (bicyclic) bond motifs is 1. The first kappa shape index (κ1) is 13.0. The molecule has 0 aliphatic carbocycles. The number of anilines is 1. The highest BCUT2D eigenvalue weighted by Gasteiger charge is 2.21. The molecule has 0 saturated heterocycles. The lowest BCUT2D eigenvalue weighted by Gasteiger charge is -2.14. The zero-order chi connectivity index (χ0) is 13.2. The van der Waals surface area contributed by atoms with E-state index >= 15 is 0 Å². The first-order chi connectivity index (χ1) is 9.22. The first-order valence-electron chi connectivity index (χ1n) is 6.16. The van der Waals surface area contributed by atoms with Crippen molar-refractivity contribution in [1.82, 2.24) is 0 Å². The van der Waals surface area contributed by atoms with E-state index in [0.717, 1.165) is 33.3 Å². The van der Waals surface area contributed by atoms with Crippen LogP contribution in [0.1, 0.15) is 5.56 Å². The average Bonchev–Trinajstić information content (AvgIpc) is 2.82. The highest BCUT2D eigenvalue weighted by Crippen LogP contribution is 2.30. The second-order valence-electron chi connectivity index (χ2n) is 4.56. The summed E-state index contributed by atoms with van der Waals surface area (Å²) in [7, 11) is 0. The van der Waals surface area contributed by atoms with Crippen LogP contribution in [0.15, 0.2) is 51.4 Å². The molecule has 0 radical (unpaired) electrons. The van der Waals surface area contributed by atoms with Crippen LogP contribution < -0.4 is 10.1 Å². The third-order valence-electron chi connectivity index (χ3n) is 3.16. The fraction of sp³-hybridized carbons (Fsp3) is 0.200. The van der Waals surface area contributed by atoms with Crippen LogP contribution in [0.2, 0.25) is 0 Å². The second-order valence-corrected chi connectivity index (χ2v) is 6.33. The summed E-state index contributed by atoms with van der Waals surface area (Å²) in [6, 6.07) is 14.3. The van der Waals surface area contributed by atoms with Gasteiger partial charge in [0.05, 0.1) is 6.54 Å². The normalized spacial score (nSPS) is 16.8. The number of ether oxygens (including phenoxy) is 1. The lowest BCUT2D eigenvalue weighted by atomic mass is 10.1. The van der Waals surface area contributed by atoms with Crippen LogP contribution in [0.5, 0.6) is 5.75 Å². The third kappa shape index (κ3) is 2.95. The molecule has 1 atom stereocenters. The predicted molar refractivity (Wildman–Crippen MR) is 84.9 cm³/mol. The van der Waals surface area contributed by atoms with Gasteiger partial charge in [-0.25, -0.2) is 0 Å². The predicted octanol–water partition coefficient (Wildman–Crippen LogP) is 4.63. The molecule has 0 amide bonds. The van der Waals surface area contributed by atoms with Crippen molar-refractivity contribution in [2.75, 3.05) is 11.9 Å². The van der Waals surface area contributed by atoms with E-state index in [1.165, 1.54) is 5.56 Å². The Morgan fingerprint density at radius 2 is 2.00 bits per heavy atom. The molecule has 0 saturated carbocycles. The number of halogens is 2. The summed E-state index contributed by atoms with van der Waals surface area (Å²) in [5, 5.41) is 3.43. The second kappa shape index (κ2) is 5.55. The molecule has 2 nitrogen and oxygen atoms in total. The van der Waals surface area contributed by atoms with Gasteiger partial charge in [-0.05, 0) is 45.8 Å². The van der Waals surface area contributed by atoms with Gasteiger partial charge in [0.2, 0.25) is 0 Å². The van der Waals surface area contributed by atoms with Crippen molar-refractivity contribution in [3.63, 3.8) is 0 Å². The molecular weight excluding hydrogens is 370 g/mol. The summed E-state index contributed by atoms with van der Waals surface area (Å²) in [5.41, 5.74) is 2.37. The van der Waals surface area contributed by atoms with Crippen molar-refractivity contribution >= 4 is 37.5 Å². The number of hydrogen-bond donors (Lipinski definition) is 1. The Morgan fingerprint density at radius 3 is 2.84 bits per heavy atom. The molecule has 4 heteroatoms. The van der Waals surface area contributed by atoms with Crippen LogP contribution in [-0.2, 0) is 6.42 Å². The van der Waals surface area contributed by atoms with E-state index in [2.05, 4.69) is 55.4 Å². The highest BCUT2D eigenvalue weighted by atomic mass is 79.9. The molecule has 1 aliphatic rings. The molecule has 19 heavy (non-hydrogen) atoms. The van der Waals surface area contributed by atoms with Crippen LogP contribution in [0.4, 0.5) is 5.69 Å². The summed E-state index contributed by atoms with van der Waals surface area (Å²) in [4.78, 5) is 0. The lowest BCUT2D eigenvalue weighted by Crippen LogP contribution is -2.24. The Balaban J connectivity index is 1.64.